The molecular formula is C9H14N2O. The summed E-state index contributed by atoms with van der Waals surface area (Å²) < 4.78 is 4.96. The minimum atomic E-state index is 0.534. The van der Waals surface area contributed by atoms with Gasteiger partial charge in [-0.05, 0) is 25.7 Å². The number of fused-ring (bicyclic) bond motifs is 1. The number of rotatable bonds is 0. The van der Waals surface area contributed by atoms with Crippen molar-refractivity contribution in [2.45, 2.75) is 38.5 Å². The Hall–Kier alpha value is -0.990. The molecule has 0 aliphatic heterocycles. The first-order valence-corrected chi connectivity index (χ1v) is 4.61. The lowest BCUT2D eigenvalue weighted by molar-refractivity contribution is 0.426. The predicted molar refractivity (Wildman–Crippen MR) is 46.8 cm³/mol. The summed E-state index contributed by atoms with van der Waals surface area (Å²) in [7, 11) is 0. The molecular weight excluding hydrogens is 152 g/mol. The Morgan fingerprint density at radius 1 is 1.08 bits per heavy atom. The Morgan fingerprint density at radius 3 is 2.67 bits per heavy atom. The van der Waals surface area contributed by atoms with Crippen molar-refractivity contribution in [3.63, 3.8) is 0 Å². The van der Waals surface area contributed by atoms with Crippen LogP contribution >= 0.6 is 0 Å². The molecule has 0 saturated heterocycles. The molecule has 0 bridgehead atoms. The van der Waals surface area contributed by atoms with Crippen LogP contribution in [0.15, 0.2) is 4.52 Å². The van der Waals surface area contributed by atoms with E-state index >= 15 is 0 Å². The van der Waals surface area contributed by atoms with Crippen LogP contribution in [0.25, 0.3) is 0 Å². The van der Waals surface area contributed by atoms with Gasteiger partial charge in [0, 0.05) is 5.56 Å². The Morgan fingerprint density at radius 2 is 1.83 bits per heavy atom. The summed E-state index contributed by atoms with van der Waals surface area (Å²) in [5.74, 6) is 0.534. The van der Waals surface area contributed by atoms with Crippen LogP contribution in [-0.4, -0.2) is 5.16 Å². The molecule has 3 heteroatoms. The molecule has 0 unspecified atom stereocenters. The molecule has 0 fully saturated rings. The van der Waals surface area contributed by atoms with Crippen LogP contribution in [0.1, 0.15) is 36.9 Å². The van der Waals surface area contributed by atoms with Gasteiger partial charge < -0.3 is 10.3 Å². The molecule has 1 aliphatic rings. The molecule has 3 nitrogen and oxygen atoms in total. The van der Waals surface area contributed by atoms with Crippen molar-refractivity contribution < 1.29 is 4.52 Å². The highest BCUT2D eigenvalue weighted by Crippen LogP contribution is 2.23. The third-order valence-electron chi connectivity index (χ3n) is 2.49. The van der Waals surface area contributed by atoms with E-state index in [2.05, 4.69) is 5.16 Å². The maximum atomic E-state index is 5.65. The molecule has 1 aliphatic carbocycles. The Labute approximate surface area is 71.9 Å². The fourth-order valence-corrected chi connectivity index (χ4v) is 1.77. The molecule has 0 aromatic carbocycles. The standard InChI is InChI=1S/C9H14N2O/c10-9-7-5-3-1-2-4-6-8(7)11-12-9/h1-6,10H2. The van der Waals surface area contributed by atoms with Crippen molar-refractivity contribution in [1.29, 1.82) is 0 Å². The van der Waals surface area contributed by atoms with E-state index in [1.54, 1.807) is 0 Å². The second kappa shape index (κ2) is 3.17. The molecule has 1 aromatic heterocycles. The van der Waals surface area contributed by atoms with E-state index in [9.17, 15) is 0 Å². The third kappa shape index (κ3) is 1.31. The van der Waals surface area contributed by atoms with Crippen molar-refractivity contribution in [3.05, 3.63) is 11.3 Å². The van der Waals surface area contributed by atoms with Gasteiger partial charge in [-0.25, -0.2) is 0 Å². The highest BCUT2D eigenvalue weighted by molar-refractivity contribution is 5.39. The van der Waals surface area contributed by atoms with Crippen LogP contribution in [0.2, 0.25) is 0 Å². The van der Waals surface area contributed by atoms with Gasteiger partial charge in [-0.15, -0.1) is 0 Å². The van der Waals surface area contributed by atoms with Gasteiger partial charge in [0.05, 0.1) is 5.69 Å². The molecule has 0 amide bonds. The molecule has 2 rings (SSSR count). The number of nitrogen functional groups attached to an aromatic ring is 1. The van der Waals surface area contributed by atoms with Gasteiger partial charge in [0.2, 0.25) is 5.88 Å². The molecule has 0 atom stereocenters. The van der Waals surface area contributed by atoms with Crippen LogP contribution in [0.3, 0.4) is 0 Å². The summed E-state index contributed by atoms with van der Waals surface area (Å²) in [6.45, 7) is 0. The minimum absolute atomic E-state index is 0.534. The van der Waals surface area contributed by atoms with E-state index in [0.29, 0.717) is 5.88 Å². The molecule has 1 heterocycles. The lowest BCUT2D eigenvalue weighted by Gasteiger charge is -2.06. The van der Waals surface area contributed by atoms with Crippen molar-refractivity contribution in [3.8, 4) is 0 Å². The Balaban J connectivity index is 2.26. The highest BCUT2D eigenvalue weighted by atomic mass is 16.5. The van der Waals surface area contributed by atoms with Crippen LogP contribution < -0.4 is 5.73 Å². The van der Waals surface area contributed by atoms with Gasteiger partial charge in [-0.3, -0.25) is 0 Å². The zero-order valence-electron chi connectivity index (χ0n) is 7.18. The number of nitrogens with two attached hydrogens (primary N) is 1. The lowest BCUT2D eigenvalue weighted by Crippen LogP contribution is -1.99. The number of nitrogens with zero attached hydrogens (tertiary/aromatic N) is 1. The first-order valence-electron chi connectivity index (χ1n) is 4.61. The summed E-state index contributed by atoms with van der Waals surface area (Å²) in [6, 6.07) is 0. The number of aromatic nitrogens is 1. The SMILES string of the molecule is Nc1onc2c1CCCCCC2. The van der Waals surface area contributed by atoms with Crippen LogP contribution in [0.4, 0.5) is 5.88 Å². The van der Waals surface area contributed by atoms with E-state index < -0.39 is 0 Å². The quantitative estimate of drug-likeness (QED) is 0.640. The van der Waals surface area contributed by atoms with Crippen LogP contribution in [-0.2, 0) is 12.8 Å². The largest absolute Gasteiger partial charge is 0.367 e. The van der Waals surface area contributed by atoms with E-state index in [1.165, 1.54) is 25.7 Å². The van der Waals surface area contributed by atoms with E-state index in [0.717, 1.165) is 24.1 Å². The predicted octanol–water partition coefficient (Wildman–Crippen LogP) is 1.92. The molecule has 0 saturated carbocycles. The fraction of sp³-hybridized carbons (Fsp3) is 0.667. The molecule has 12 heavy (non-hydrogen) atoms. The van der Waals surface area contributed by atoms with Gasteiger partial charge in [0.25, 0.3) is 0 Å². The zero-order chi connectivity index (χ0) is 8.39. The summed E-state index contributed by atoms with van der Waals surface area (Å²) in [5.41, 5.74) is 7.90. The average Bonchev–Trinajstić information content (AvgIpc) is 2.31. The third-order valence-corrected chi connectivity index (χ3v) is 2.49. The summed E-state index contributed by atoms with van der Waals surface area (Å²) in [6.07, 6.45) is 7.15. The van der Waals surface area contributed by atoms with Gasteiger partial charge in [-0.2, -0.15) is 0 Å². The van der Waals surface area contributed by atoms with Crippen LogP contribution in [0.5, 0.6) is 0 Å². The smallest absolute Gasteiger partial charge is 0.225 e. The molecule has 66 valence electrons. The zero-order valence-corrected chi connectivity index (χ0v) is 7.18. The van der Waals surface area contributed by atoms with Crippen molar-refractivity contribution in [1.82, 2.24) is 5.16 Å². The topological polar surface area (TPSA) is 52.0 Å². The van der Waals surface area contributed by atoms with E-state index in [1.807, 2.05) is 0 Å². The van der Waals surface area contributed by atoms with E-state index in [-0.39, 0.29) is 0 Å². The summed E-state index contributed by atoms with van der Waals surface area (Å²) in [4.78, 5) is 0. The van der Waals surface area contributed by atoms with E-state index in [4.69, 9.17) is 10.3 Å². The van der Waals surface area contributed by atoms with Crippen molar-refractivity contribution in [2.75, 3.05) is 5.73 Å². The van der Waals surface area contributed by atoms with Gasteiger partial charge in [0.1, 0.15) is 0 Å². The molecule has 0 spiro atoms. The monoisotopic (exact) mass is 166 g/mol. The molecule has 1 aromatic rings. The average molecular weight is 166 g/mol. The Bertz CT molecular complexity index is 267. The molecule has 2 N–H and O–H groups in total. The number of hydrogen-bond donors (Lipinski definition) is 1. The number of hydrogen-bond acceptors (Lipinski definition) is 3. The van der Waals surface area contributed by atoms with Crippen molar-refractivity contribution in [2.24, 2.45) is 0 Å². The van der Waals surface area contributed by atoms with Gasteiger partial charge >= 0.3 is 0 Å². The highest BCUT2D eigenvalue weighted by Gasteiger charge is 2.14. The molecule has 0 radical (unpaired) electrons. The minimum Gasteiger partial charge on any atom is -0.367 e. The van der Waals surface area contributed by atoms with Crippen molar-refractivity contribution >= 4 is 5.88 Å². The first kappa shape index (κ1) is 7.65. The fourth-order valence-electron chi connectivity index (χ4n) is 1.77. The number of anilines is 1. The van der Waals surface area contributed by atoms with Gasteiger partial charge in [-0.1, -0.05) is 18.0 Å². The maximum Gasteiger partial charge on any atom is 0.225 e. The summed E-state index contributed by atoms with van der Waals surface area (Å²) in [5, 5.41) is 3.96. The summed E-state index contributed by atoms with van der Waals surface area (Å²) >= 11 is 0. The van der Waals surface area contributed by atoms with Gasteiger partial charge in [0.15, 0.2) is 0 Å². The Kier molecular flexibility index (Phi) is 2.02. The lowest BCUT2D eigenvalue weighted by atomic mass is 9.99. The van der Waals surface area contributed by atoms with Crippen LogP contribution in [0, 0.1) is 0 Å². The first-order chi connectivity index (χ1) is 5.88. The number of aryl methyl sites for hydroxylation is 1. The second-order valence-electron chi connectivity index (χ2n) is 3.39. The normalized spacial score (nSPS) is 18.0. The maximum absolute atomic E-state index is 5.65. The second-order valence-corrected chi connectivity index (χ2v) is 3.39.